The largest absolute Gasteiger partial charge is 0.327 e. The Morgan fingerprint density at radius 3 is 2.59 bits per heavy atom. The Labute approximate surface area is 102 Å². The second kappa shape index (κ2) is 4.72. The van der Waals surface area contributed by atoms with E-state index in [4.69, 9.17) is 5.73 Å². The normalized spacial score (nSPS) is 10.8. The molecule has 0 radical (unpaired) electrons. The number of hydrogen-bond donors (Lipinski definition) is 1. The van der Waals surface area contributed by atoms with E-state index in [0.29, 0.717) is 6.54 Å². The van der Waals surface area contributed by atoms with Crippen LogP contribution in [0.4, 0.5) is 0 Å². The summed E-state index contributed by atoms with van der Waals surface area (Å²) in [5.41, 5.74) is 10.7. The highest BCUT2D eigenvalue weighted by Crippen LogP contribution is 2.13. The molecule has 0 atom stereocenters. The third kappa shape index (κ3) is 2.39. The fourth-order valence-corrected chi connectivity index (χ4v) is 1.98. The molecule has 0 unspecified atom stereocenters. The van der Waals surface area contributed by atoms with Crippen LogP contribution in [-0.4, -0.2) is 9.55 Å². The summed E-state index contributed by atoms with van der Waals surface area (Å²) in [5, 5.41) is 0. The maximum Gasteiger partial charge on any atom is 0.106 e. The number of nitrogens with two attached hydrogens (primary N) is 1. The van der Waals surface area contributed by atoms with Crippen molar-refractivity contribution in [2.24, 2.45) is 5.73 Å². The van der Waals surface area contributed by atoms with Crippen molar-refractivity contribution in [3.8, 4) is 0 Å². The Bertz CT molecular complexity index is 526. The Kier molecular flexibility index (Phi) is 3.29. The first-order valence-corrected chi connectivity index (χ1v) is 5.89. The zero-order valence-electron chi connectivity index (χ0n) is 10.7. The molecule has 0 saturated heterocycles. The van der Waals surface area contributed by atoms with Crippen LogP contribution in [0.3, 0.4) is 0 Å². The average Bonchev–Trinajstić information content (AvgIpc) is 2.65. The van der Waals surface area contributed by atoms with Gasteiger partial charge in [-0.15, -0.1) is 0 Å². The molecular weight excluding hydrogens is 210 g/mol. The van der Waals surface area contributed by atoms with Crippen LogP contribution in [0.15, 0.2) is 24.4 Å². The number of rotatable bonds is 3. The predicted octanol–water partition coefficient (Wildman–Crippen LogP) is 2.32. The molecule has 2 aromatic rings. The number of imidazole rings is 1. The molecule has 90 valence electrons. The number of hydrogen-bond acceptors (Lipinski definition) is 2. The van der Waals surface area contributed by atoms with Gasteiger partial charge in [-0.25, -0.2) is 4.98 Å². The van der Waals surface area contributed by atoms with E-state index in [1.807, 2.05) is 13.1 Å². The monoisotopic (exact) mass is 229 g/mol. The summed E-state index contributed by atoms with van der Waals surface area (Å²) in [6, 6.07) is 6.57. The van der Waals surface area contributed by atoms with E-state index in [1.54, 1.807) is 0 Å². The molecule has 0 spiro atoms. The second-order valence-corrected chi connectivity index (χ2v) is 4.51. The van der Waals surface area contributed by atoms with E-state index in [0.717, 1.165) is 18.1 Å². The van der Waals surface area contributed by atoms with Crippen molar-refractivity contribution in [2.45, 2.75) is 33.9 Å². The first-order chi connectivity index (χ1) is 8.11. The van der Waals surface area contributed by atoms with Crippen LogP contribution in [0, 0.1) is 20.8 Å². The van der Waals surface area contributed by atoms with E-state index < -0.39 is 0 Å². The van der Waals surface area contributed by atoms with Gasteiger partial charge in [0.25, 0.3) is 0 Å². The smallest absolute Gasteiger partial charge is 0.106 e. The maximum atomic E-state index is 5.71. The lowest BCUT2D eigenvalue weighted by Crippen LogP contribution is -2.10. The van der Waals surface area contributed by atoms with Crippen molar-refractivity contribution in [3.05, 3.63) is 52.6 Å². The Hall–Kier alpha value is -1.61. The Balaban J connectivity index is 2.31. The zero-order chi connectivity index (χ0) is 12.4. The lowest BCUT2D eigenvalue weighted by Gasteiger charge is -2.10. The van der Waals surface area contributed by atoms with E-state index in [1.165, 1.54) is 16.7 Å². The SMILES string of the molecule is Cc1ccc(Cn2c(CN)cnc2C)cc1C. The number of benzene rings is 1. The molecule has 0 bridgehead atoms. The third-order valence-corrected chi connectivity index (χ3v) is 3.26. The summed E-state index contributed by atoms with van der Waals surface area (Å²) in [6.07, 6.45) is 1.86. The van der Waals surface area contributed by atoms with E-state index in [9.17, 15) is 0 Å². The summed E-state index contributed by atoms with van der Waals surface area (Å²) in [6.45, 7) is 7.67. The number of aryl methyl sites for hydroxylation is 3. The molecule has 17 heavy (non-hydrogen) atoms. The molecule has 1 aromatic carbocycles. The summed E-state index contributed by atoms with van der Waals surface area (Å²) >= 11 is 0. The maximum absolute atomic E-state index is 5.71. The fourth-order valence-electron chi connectivity index (χ4n) is 1.98. The van der Waals surface area contributed by atoms with Crippen LogP contribution in [0.25, 0.3) is 0 Å². The van der Waals surface area contributed by atoms with Crippen molar-refractivity contribution in [3.63, 3.8) is 0 Å². The first kappa shape index (κ1) is 11.9. The van der Waals surface area contributed by atoms with Gasteiger partial charge in [0, 0.05) is 19.3 Å². The molecule has 2 N–H and O–H groups in total. The molecule has 2 rings (SSSR count). The molecular formula is C14H19N3. The van der Waals surface area contributed by atoms with Crippen molar-refractivity contribution >= 4 is 0 Å². The first-order valence-electron chi connectivity index (χ1n) is 5.89. The molecule has 1 heterocycles. The lowest BCUT2D eigenvalue weighted by atomic mass is 10.1. The average molecular weight is 229 g/mol. The van der Waals surface area contributed by atoms with Gasteiger partial charge in [-0.1, -0.05) is 18.2 Å². The minimum Gasteiger partial charge on any atom is -0.327 e. The second-order valence-electron chi connectivity index (χ2n) is 4.51. The molecule has 3 heteroatoms. The van der Waals surface area contributed by atoms with Crippen LogP contribution >= 0.6 is 0 Å². The van der Waals surface area contributed by atoms with Crippen LogP contribution in [0.1, 0.15) is 28.2 Å². The van der Waals surface area contributed by atoms with Gasteiger partial charge >= 0.3 is 0 Å². The quantitative estimate of drug-likeness (QED) is 0.877. The van der Waals surface area contributed by atoms with Gasteiger partial charge < -0.3 is 10.3 Å². The Morgan fingerprint density at radius 1 is 1.18 bits per heavy atom. The highest BCUT2D eigenvalue weighted by atomic mass is 15.1. The molecule has 0 aliphatic rings. The van der Waals surface area contributed by atoms with Crippen LogP contribution in [-0.2, 0) is 13.1 Å². The van der Waals surface area contributed by atoms with Crippen molar-refractivity contribution in [1.29, 1.82) is 0 Å². The lowest BCUT2D eigenvalue weighted by molar-refractivity contribution is 0.713. The topological polar surface area (TPSA) is 43.8 Å². The zero-order valence-corrected chi connectivity index (χ0v) is 10.7. The summed E-state index contributed by atoms with van der Waals surface area (Å²) in [7, 11) is 0. The van der Waals surface area contributed by atoms with Gasteiger partial charge in [0.15, 0.2) is 0 Å². The van der Waals surface area contributed by atoms with E-state index in [-0.39, 0.29) is 0 Å². The summed E-state index contributed by atoms with van der Waals surface area (Å²) in [4.78, 5) is 4.31. The Morgan fingerprint density at radius 2 is 1.94 bits per heavy atom. The van der Waals surface area contributed by atoms with Gasteiger partial charge in [0.2, 0.25) is 0 Å². The molecule has 0 saturated carbocycles. The fraction of sp³-hybridized carbons (Fsp3) is 0.357. The molecule has 0 fully saturated rings. The molecule has 1 aromatic heterocycles. The van der Waals surface area contributed by atoms with Gasteiger partial charge in [0.05, 0.1) is 5.69 Å². The molecule has 3 nitrogen and oxygen atoms in total. The van der Waals surface area contributed by atoms with Gasteiger partial charge in [0.1, 0.15) is 5.82 Å². The van der Waals surface area contributed by atoms with Gasteiger partial charge in [-0.05, 0) is 37.5 Å². The van der Waals surface area contributed by atoms with E-state index >= 15 is 0 Å². The van der Waals surface area contributed by atoms with Crippen LogP contribution < -0.4 is 5.73 Å². The van der Waals surface area contributed by atoms with Gasteiger partial charge in [-0.3, -0.25) is 0 Å². The van der Waals surface area contributed by atoms with Crippen LogP contribution in [0.2, 0.25) is 0 Å². The molecule has 0 amide bonds. The molecule has 0 aliphatic heterocycles. The highest BCUT2D eigenvalue weighted by Gasteiger charge is 2.06. The number of aromatic nitrogens is 2. The minimum atomic E-state index is 0.533. The van der Waals surface area contributed by atoms with Crippen molar-refractivity contribution < 1.29 is 0 Å². The van der Waals surface area contributed by atoms with Crippen molar-refractivity contribution in [2.75, 3.05) is 0 Å². The van der Waals surface area contributed by atoms with Gasteiger partial charge in [-0.2, -0.15) is 0 Å². The standard InChI is InChI=1S/C14H19N3/c1-10-4-5-13(6-11(10)2)9-17-12(3)16-8-14(17)7-15/h4-6,8H,7,9,15H2,1-3H3. The highest BCUT2D eigenvalue weighted by molar-refractivity contribution is 5.30. The minimum absolute atomic E-state index is 0.533. The van der Waals surface area contributed by atoms with Crippen molar-refractivity contribution in [1.82, 2.24) is 9.55 Å². The third-order valence-electron chi connectivity index (χ3n) is 3.26. The molecule has 0 aliphatic carbocycles. The van der Waals surface area contributed by atoms with E-state index in [2.05, 4.69) is 41.6 Å². The predicted molar refractivity (Wildman–Crippen MR) is 69.9 cm³/mol. The van der Waals surface area contributed by atoms with Crippen LogP contribution in [0.5, 0.6) is 0 Å². The summed E-state index contributed by atoms with van der Waals surface area (Å²) < 4.78 is 2.17. The number of nitrogens with zero attached hydrogens (tertiary/aromatic N) is 2. The summed E-state index contributed by atoms with van der Waals surface area (Å²) in [5.74, 6) is 1.02.